The number of nitrogens with one attached hydrogen (secondary N) is 1. The summed E-state index contributed by atoms with van der Waals surface area (Å²) in [4.78, 5) is 11.9. The SMILES string of the molecule is Nc1ccc(Cl)c(NC(=O)c2ccc(O)cc2)c1. The molecular weight excluding hydrogens is 252 g/mol. The molecule has 0 fully saturated rings. The molecule has 2 aromatic carbocycles. The monoisotopic (exact) mass is 262 g/mol. The van der Waals surface area contributed by atoms with E-state index in [0.29, 0.717) is 22.0 Å². The van der Waals surface area contributed by atoms with Gasteiger partial charge in [-0.3, -0.25) is 4.79 Å². The van der Waals surface area contributed by atoms with Crippen molar-refractivity contribution in [2.24, 2.45) is 0 Å². The van der Waals surface area contributed by atoms with Gasteiger partial charge in [0.15, 0.2) is 0 Å². The fraction of sp³-hybridized carbons (Fsp3) is 0. The van der Waals surface area contributed by atoms with Crippen LogP contribution in [0.4, 0.5) is 11.4 Å². The highest BCUT2D eigenvalue weighted by atomic mass is 35.5. The normalized spacial score (nSPS) is 10.1. The summed E-state index contributed by atoms with van der Waals surface area (Å²) < 4.78 is 0. The fourth-order valence-corrected chi connectivity index (χ4v) is 1.61. The Morgan fingerprint density at radius 2 is 1.83 bits per heavy atom. The summed E-state index contributed by atoms with van der Waals surface area (Å²) in [5, 5.41) is 12.2. The van der Waals surface area contributed by atoms with Crippen molar-refractivity contribution in [2.75, 3.05) is 11.1 Å². The second kappa shape index (κ2) is 4.98. The van der Waals surface area contributed by atoms with Crippen LogP contribution in [0.15, 0.2) is 42.5 Å². The third kappa shape index (κ3) is 2.73. The van der Waals surface area contributed by atoms with Crippen molar-refractivity contribution in [1.29, 1.82) is 0 Å². The zero-order valence-electron chi connectivity index (χ0n) is 9.35. The molecule has 0 saturated heterocycles. The van der Waals surface area contributed by atoms with Crippen molar-refractivity contribution in [3.63, 3.8) is 0 Å². The number of rotatable bonds is 2. The van der Waals surface area contributed by atoms with E-state index in [2.05, 4.69) is 5.32 Å². The number of aromatic hydroxyl groups is 1. The van der Waals surface area contributed by atoms with Crippen LogP contribution in [0.5, 0.6) is 5.75 Å². The molecule has 0 spiro atoms. The largest absolute Gasteiger partial charge is 0.508 e. The van der Waals surface area contributed by atoms with Gasteiger partial charge in [0.05, 0.1) is 10.7 Å². The maximum atomic E-state index is 11.9. The van der Waals surface area contributed by atoms with Crippen LogP contribution >= 0.6 is 11.6 Å². The van der Waals surface area contributed by atoms with Crippen molar-refractivity contribution in [3.8, 4) is 5.75 Å². The Bertz CT molecular complexity index is 582. The van der Waals surface area contributed by atoms with E-state index >= 15 is 0 Å². The van der Waals surface area contributed by atoms with Crippen molar-refractivity contribution >= 4 is 28.9 Å². The summed E-state index contributed by atoms with van der Waals surface area (Å²) in [5.41, 5.74) is 7.01. The van der Waals surface area contributed by atoms with Gasteiger partial charge in [0.25, 0.3) is 5.91 Å². The van der Waals surface area contributed by atoms with Gasteiger partial charge >= 0.3 is 0 Å². The van der Waals surface area contributed by atoms with Gasteiger partial charge in [0.2, 0.25) is 0 Å². The van der Waals surface area contributed by atoms with Crippen molar-refractivity contribution in [3.05, 3.63) is 53.1 Å². The van der Waals surface area contributed by atoms with Gasteiger partial charge in [-0.15, -0.1) is 0 Å². The lowest BCUT2D eigenvalue weighted by Gasteiger charge is -2.08. The van der Waals surface area contributed by atoms with E-state index < -0.39 is 0 Å². The summed E-state index contributed by atoms with van der Waals surface area (Å²) in [7, 11) is 0. The molecule has 0 bridgehead atoms. The van der Waals surface area contributed by atoms with Crippen LogP contribution in [0.25, 0.3) is 0 Å². The number of benzene rings is 2. The second-order valence-electron chi connectivity index (χ2n) is 3.74. The van der Waals surface area contributed by atoms with Gasteiger partial charge in [-0.05, 0) is 42.5 Å². The third-order valence-corrected chi connectivity index (χ3v) is 2.70. The molecule has 0 heterocycles. The first kappa shape index (κ1) is 12.3. The van der Waals surface area contributed by atoms with E-state index in [4.69, 9.17) is 22.4 Å². The summed E-state index contributed by atoms with van der Waals surface area (Å²) in [6, 6.07) is 10.8. The number of anilines is 2. The van der Waals surface area contributed by atoms with Gasteiger partial charge in [0.1, 0.15) is 5.75 Å². The average molecular weight is 263 g/mol. The molecule has 0 atom stereocenters. The number of phenolic OH excluding ortho intramolecular Hbond substituents is 1. The van der Waals surface area contributed by atoms with E-state index in [-0.39, 0.29) is 11.7 Å². The highest BCUT2D eigenvalue weighted by molar-refractivity contribution is 6.34. The molecular formula is C13H11ClN2O2. The first-order valence-corrected chi connectivity index (χ1v) is 5.59. The van der Waals surface area contributed by atoms with Crippen LogP contribution in [-0.2, 0) is 0 Å². The molecule has 0 unspecified atom stereocenters. The molecule has 5 heteroatoms. The number of halogens is 1. The van der Waals surface area contributed by atoms with Gasteiger partial charge in [-0.2, -0.15) is 0 Å². The molecule has 18 heavy (non-hydrogen) atoms. The minimum absolute atomic E-state index is 0.105. The molecule has 1 amide bonds. The van der Waals surface area contributed by atoms with E-state index in [9.17, 15) is 4.79 Å². The predicted octanol–water partition coefficient (Wildman–Crippen LogP) is 2.88. The standard InChI is InChI=1S/C13H11ClN2O2/c14-11-6-3-9(15)7-12(11)16-13(18)8-1-4-10(17)5-2-8/h1-7,17H,15H2,(H,16,18). The Balaban J connectivity index is 2.21. The topological polar surface area (TPSA) is 75.3 Å². The zero-order valence-corrected chi connectivity index (χ0v) is 10.1. The molecule has 0 aliphatic rings. The van der Waals surface area contributed by atoms with E-state index in [0.717, 1.165) is 0 Å². The molecule has 0 aliphatic carbocycles. The quantitative estimate of drug-likeness (QED) is 0.729. The van der Waals surface area contributed by atoms with Crippen LogP contribution in [0.1, 0.15) is 10.4 Å². The molecule has 0 aliphatic heterocycles. The lowest BCUT2D eigenvalue weighted by atomic mass is 10.2. The summed E-state index contributed by atoms with van der Waals surface area (Å²) in [6.45, 7) is 0. The Labute approximate surface area is 109 Å². The third-order valence-electron chi connectivity index (χ3n) is 2.37. The minimum atomic E-state index is -0.317. The number of nitrogens with two attached hydrogens (primary N) is 1. The Hall–Kier alpha value is -2.20. The highest BCUT2D eigenvalue weighted by Gasteiger charge is 2.08. The number of hydrogen-bond acceptors (Lipinski definition) is 3. The minimum Gasteiger partial charge on any atom is -0.508 e. The number of carbonyl (C=O) groups excluding carboxylic acids is 1. The van der Waals surface area contributed by atoms with Crippen LogP contribution < -0.4 is 11.1 Å². The molecule has 4 nitrogen and oxygen atoms in total. The van der Waals surface area contributed by atoms with Crippen molar-refractivity contribution in [1.82, 2.24) is 0 Å². The van der Waals surface area contributed by atoms with Crippen LogP contribution in [0.2, 0.25) is 5.02 Å². The van der Waals surface area contributed by atoms with Gasteiger partial charge in [0, 0.05) is 11.3 Å². The highest BCUT2D eigenvalue weighted by Crippen LogP contribution is 2.24. The second-order valence-corrected chi connectivity index (χ2v) is 4.15. The molecule has 0 saturated carbocycles. The molecule has 4 N–H and O–H groups in total. The van der Waals surface area contributed by atoms with E-state index in [1.165, 1.54) is 24.3 Å². The Kier molecular flexibility index (Phi) is 3.39. The molecule has 2 rings (SSSR count). The maximum Gasteiger partial charge on any atom is 0.255 e. The molecule has 0 aromatic heterocycles. The summed E-state index contributed by atoms with van der Waals surface area (Å²) >= 11 is 5.94. The maximum absolute atomic E-state index is 11.9. The van der Waals surface area contributed by atoms with Gasteiger partial charge in [-0.1, -0.05) is 11.6 Å². The van der Waals surface area contributed by atoms with Crippen molar-refractivity contribution in [2.45, 2.75) is 0 Å². The van der Waals surface area contributed by atoms with Crippen LogP contribution in [-0.4, -0.2) is 11.0 Å². The lowest BCUT2D eigenvalue weighted by Crippen LogP contribution is -2.12. The summed E-state index contributed by atoms with van der Waals surface area (Å²) in [6.07, 6.45) is 0. The number of carbonyl (C=O) groups is 1. The molecule has 0 radical (unpaired) electrons. The van der Waals surface area contributed by atoms with E-state index in [1.807, 2.05) is 0 Å². The fourth-order valence-electron chi connectivity index (χ4n) is 1.45. The Morgan fingerprint density at radius 1 is 1.17 bits per heavy atom. The van der Waals surface area contributed by atoms with Crippen LogP contribution in [0.3, 0.4) is 0 Å². The lowest BCUT2D eigenvalue weighted by molar-refractivity contribution is 0.102. The number of nitrogen functional groups attached to an aromatic ring is 1. The first-order valence-electron chi connectivity index (χ1n) is 5.21. The van der Waals surface area contributed by atoms with Gasteiger partial charge in [-0.25, -0.2) is 0 Å². The van der Waals surface area contributed by atoms with Gasteiger partial charge < -0.3 is 16.2 Å². The number of amides is 1. The molecule has 92 valence electrons. The van der Waals surface area contributed by atoms with Crippen molar-refractivity contribution < 1.29 is 9.90 Å². The average Bonchev–Trinajstić information content (AvgIpc) is 2.34. The molecule has 2 aromatic rings. The zero-order chi connectivity index (χ0) is 13.1. The van der Waals surface area contributed by atoms with Crippen LogP contribution in [0, 0.1) is 0 Å². The smallest absolute Gasteiger partial charge is 0.255 e. The number of hydrogen-bond donors (Lipinski definition) is 3. The summed E-state index contributed by atoms with van der Waals surface area (Å²) in [5.74, 6) is -0.212. The predicted molar refractivity (Wildman–Crippen MR) is 71.9 cm³/mol. The Morgan fingerprint density at radius 3 is 2.50 bits per heavy atom. The first-order chi connectivity index (χ1) is 8.56. The number of phenols is 1. The van der Waals surface area contributed by atoms with E-state index in [1.54, 1.807) is 18.2 Å².